The third-order valence-electron chi connectivity index (χ3n) is 1.37. The Bertz CT molecular complexity index is 181. The van der Waals surface area contributed by atoms with Crippen molar-refractivity contribution in [3.05, 3.63) is 0 Å². The Morgan fingerprint density at radius 1 is 1.50 bits per heavy atom. The molecule has 2 N–H and O–H groups in total. The van der Waals surface area contributed by atoms with Gasteiger partial charge < -0.3 is 10.4 Å². The second-order valence-electron chi connectivity index (χ2n) is 2.76. The summed E-state index contributed by atoms with van der Waals surface area (Å²) in [5.74, 6) is -1.85. The van der Waals surface area contributed by atoms with Crippen LogP contribution < -0.4 is 5.32 Å². The summed E-state index contributed by atoms with van der Waals surface area (Å²) in [5, 5.41) is 10.9. The summed E-state index contributed by atoms with van der Waals surface area (Å²) in [5.41, 5.74) is 0. The Labute approximate surface area is 75.9 Å². The minimum absolute atomic E-state index is 0.144. The van der Waals surface area contributed by atoms with Gasteiger partial charge in [0.05, 0.1) is 0 Å². The molecule has 0 spiro atoms. The summed E-state index contributed by atoms with van der Waals surface area (Å²) >= 11 is 5.20. The normalized spacial score (nSPS) is 12.7. The first-order valence-corrected chi connectivity index (χ1v) is 4.10. The Morgan fingerprint density at radius 3 is 2.25 bits per heavy atom. The number of carbonyl (C=O) groups excluding carboxylic acids is 1. The molecule has 0 aromatic rings. The fourth-order valence-corrected chi connectivity index (χ4v) is 0.803. The Morgan fingerprint density at radius 2 is 2.00 bits per heavy atom. The molecular formula is C7H12ClNO3. The molecular weight excluding hydrogens is 182 g/mol. The van der Waals surface area contributed by atoms with E-state index >= 15 is 0 Å². The Balaban J connectivity index is 4.14. The topological polar surface area (TPSA) is 66.4 Å². The number of hydrogen-bond acceptors (Lipinski definition) is 2. The van der Waals surface area contributed by atoms with Crippen molar-refractivity contribution < 1.29 is 14.7 Å². The van der Waals surface area contributed by atoms with Gasteiger partial charge in [-0.1, -0.05) is 13.8 Å². The van der Waals surface area contributed by atoms with Crippen LogP contribution in [0, 0.1) is 5.92 Å². The number of carbonyl (C=O) groups is 2. The van der Waals surface area contributed by atoms with Crippen LogP contribution in [-0.2, 0) is 9.59 Å². The smallest absolute Gasteiger partial charge is 0.326 e. The summed E-state index contributed by atoms with van der Waals surface area (Å²) in [7, 11) is 0. The van der Waals surface area contributed by atoms with Gasteiger partial charge in [0.25, 0.3) is 0 Å². The van der Waals surface area contributed by atoms with Gasteiger partial charge in [-0.2, -0.15) is 0 Å². The third kappa shape index (κ3) is 3.57. The lowest BCUT2D eigenvalue weighted by atomic mass is 10.1. The first kappa shape index (κ1) is 11.2. The fraction of sp³-hybridized carbons (Fsp3) is 0.714. The van der Waals surface area contributed by atoms with Crippen LogP contribution in [0.15, 0.2) is 0 Å². The lowest BCUT2D eigenvalue weighted by Gasteiger charge is -2.16. The highest BCUT2D eigenvalue weighted by Crippen LogP contribution is 2.01. The molecule has 0 radical (unpaired) electrons. The molecule has 0 saturated carbocycles. The second-order valence-corrected chi connectivity index (χ2v) is 3.03. The summed E-state index contributed by atoms with van der Waals surface area (Å²) in [6, 6.07) is -0.851. The molecule has 0 aromatic heterocycles. The molecule has 0 aliphatic rings. The summed E-state index contributed by atoms with van der Waals surface area (Å²) in [6.45, 7) is 3.43. The van der Waals surface area contributed by atoms with Crippen molar-refractivity contribution in [1.29, 1.82) is 0 Å². The minimum Gasteiger partial charge on any atom is -0.480 e. The lowest BCUT2D eigenvalue weighted by Crippen LogP contribution is -2.44. The van der Waals surface area contributed by atoms with E-state index in [0.29, 0.717) is 0 Å². The van der Waals surface area contributed by atoms with Gasteiger partial charge in [0.15, 0.2) is 0 Å². The van der Waals surface area contributed by atoms with Gasteiger partial charge in [0, 0.05) is 0 Å². The molecule has 4 nitrogen and oxygen atoms in total. The number of carboxylic acid groups (broad SMARTS) is 1. The molecule has 0 aliphatic carbocycles. The van der Waals surface area contributed by atoms with E-state index in [0.717, 1.165) is 0 Å². The molecule has 0 saturated heterocycles. The average Bonchev–Trinajstić information content (AvgIpc) is 1.98. The first-order chi connectivity index (χ1) is 5.49. The van der Waals surface area contributed by atoms with Crippen molar-refractivity contribution in [2.75, 3.05) is 5.88 Å². The molecule has 0 unspecified atom stereocenters. The van der Waals surface area contributed by atoms with Crippen molar-refractivity contribution in [2.45, 2.75) is 19.9 Å². The van der Waals surface area contributed by atoms with Crippen molar-refractivity contribution in [3.63, 3.8) is 0 Å². The molecule has 12 heavy (non-hydrogen) atoms. The van der Waals surface area contributed by atoms with Crippen LogP contribution in [0.1, 0.15) is 13.8 Å². The maximum atomic E-state index is 10.7. The predicted molar refractivity (Wildman–Crippen MR) is 45.1 cm³/mol. The highest BCUT2D eigenvalue weighted by molar-refractivity contribution is 6.27. The van der Waals surface area contributed by atoms with Gasteiger partial charge in [-0.3, -0.25) is 4.79 Å². The molecule has 0 fully saturated rings. The molecule has 0 rings (SSSR count). The van der Waals surface area contributed by atoms with Gasteiger partial charge in [-0.25, -0.2) is 4.79 Å². The van der Waals surface area contributed by atoms with E-state index in [9.17, 15) is 9.59 Å². The van der Waals surface area contributed by atoms with Crippen LogP contribution in [0.5, 0.6) is 0 Å². The maximum Gasteiger partial charge on any atom is 0.326 e. The number of carboxylic acids is 1. The third-order valence-corrected chi connectivity index (χ3v) is 1.61. The standard InChI is InChI=1S/C7H12ClNO3/c1-4(2)6(7(11)12)9-5(10)3-8/h4,6H,3H2,1-2H3,(H,9,10)(H,11,12)/t6-/m1/s1. The molecule has 0 aromatic carbocycles. The highest BCUT2D eigenvalue weighted by atomic mass is 35.5. The van der Waals surface area contributed by atoms with Crippen molar-refractivity contribution in [2.24, 2.45) is 5.92 Å². The van der Waals surface area contributed by atoms with Crippen molar-refractivity contribution in [1.82, 2.24) is 5.32 Å². The summed E-state index contributed by atoms with van der Waals surface area (Å²) < 4.78 is 0. The Hall–Kier alpha value is -0.770. The van der Waals surface area contributed by atoms with Crippen molar-refractivity contribution >= 4 is 23.5 Å². The SMILES string of the molecule is CC(C)[C@@H](NC(=O)CCl)C(=O)O. The van der Waals surface area contributed by atoms with Gasteiger partial charge in [-0.05, 0) is 5.92 Å². The van der Waals surface area contributed by atoms with Gasteiger partial charge in [-0.15, -0.1) is 11.6 Å². The van der Waals surface area contributed by atoms with Crippen molar-refractivity contribution in [3.8, 4) is 0 Å². The van der Waals surface area contributed by atoms with E-state index < -0.39 is 17.9 Å². The molecule has 0 heterocycles. The van der Waals surface area contributed by atoms with Crippen LogP contribution >= 0.6 is 11.6 Å². The monoisotopic (exact) mass is 193 g/mol. The molecule has 1 amide bonds. The highest BCUT2D eigenvalue weighted by Gasteiger charge is 2.22. The molecule has 0 aliphatic heterocycles. The number of alkyl halides is 1. The number of amides is 1. The summed E-state index contributed by atoms with van der Waals surface area (Å²) in [6.07, 6.45) is 0. The van der Waals surface area contributed by atoms with Crippen LogP contribution in [-0.4, -0.2) is 28.9 Å². The molecule has 70 valence electrons. The zero-order valence-corrected chi connectivity index (χ0v) is 7.76. The minimum atomic E-state index is -1.04. The Kier molecular flexibility index (Phi) is 4.66. The second kappa shape index (κ2) is 4.98. The molecule has 1 atom stereocenters. The van der Waals surface area contributed by atoms with E-state index in [1.807, 2.05) is 0 Å². The predicted octanol–water partition coefficient (Wildman–Crippen LogP) is 0.451. The van der Waals surface area contributed by atoms with Crippen LogP contribution in [0.25, 0.3) is 0 Å². The fourth-order valence-electron chi connectivity index (χ4n) is 0.726. The zero-order chi connectivity index (χ0) is 9.72. The molecule has 5 heteroatoms. The van der Waals surface area contributed by atoms with E-state index in [2.05, 4.69) is 5.32 Å². The van der Waals surface area contributed by atoms with Gasteiger partial charge in [0.2, 0.25) is 5.91 Å². The first-order valence-electron chi connectivity index (χ1n) is 3.57. The maximum absolute atomic E-state index is 10.7. The zero-order valence-electron chi connectivity index (χ0n) is 7.00. The van der Waals surface area contributed by atoms with E-state index in [1.165, 1.54) is 0 Å². The summed E-state index contributed by atoms with van der Waals surface area (Å²) in [4.78, 5) is 21.3. The van der Waals surface area contributed by atoms with Crippen LogP contribution in [0.3, 0.4) is 0 Å². The van der Waals surface area contributed by atoms with Gasteiger partial charge >= 0.3 is 5.97 Å². The number of nitrogens with one attached hydrogen (secondary N) is 1. The number of halogens is 1. The number of rotatable bonds is 4. The van der Waals surface area contributed by atoms with Crippen LogP contribution in [0.4, 0.5) is 0 Å². The van der Waals surface area contributed by atoms with Gasteiger partial charge in [0.1, 0.15) is 11.9 Å². The van der Waals surface area contributed by atoms with E-state index in [1.54, 1.807) is 13.8 Å². The molecule has 0 bridgehead atoms. The largest absolute Gasteiger partial charge is 0.480 e. The quantitative estimate of drug-likeness (QED) is 0.638. The lowest BCUT2D eigenvalue weighted by molar-refractivity contribution is -0.142. The van der Waals surface area contributed by atoms with E-state index in [-0.39, 0.29) is 11.8 Å². The van der Waals surface area contributed by atoms with Crippen LogP contribution in [0.2, 0.25) is 0 Å². The number of aliphatic carboxylic acids is 1. The van der Waals surface area contributed by atoms with E-state index in [4.69, 9.17) is 16.7 Å². The average molecular weight is 194 g/mol. The number of hydrogen-bond donors (Lipinski definition) is 2.